The van der Waals surface area contributed by atoms with Crippen LogP contribution in [0.15, 0.2) is 112 Å². The Kier molecular flexibility index (Phi) is 15.3. The third-order valence-corrected chi connectivity index (χ3v) is 13.1. The van der Waals surface area contributed by atoms with E-state index in [4.69, 9.17) is 9.47 Å². The van der Waals surface area contributed by atoms with Gasteiger partial charge in [0.05, 0.1) is 37.4 Å². The first-order valence-electron chi connectivity index (χ1n) is 21.8. The van der Waals surface area contributed by atoms with Crippen molar-refractivity contribution in [2.45, 2.75) is 76.0 Å². The van der Waals surface area contributed by atoms with E-state index < -0.39 is 18.2 Å². The number of fused-ring (bicyclic) bond motifs is 4. The largest absolute Gasteiger partial charge is 0.506 e. The third kappa shape index (κ3) is 11.7. The molecule has 3 atom stereocenters. The summed E-state index contributed by atoms with van der Waals surface area (Å²) in [7, 11) is 0. The normalized spacial score (nSPS) is 19.3. The summed E-state index contributed by atoms with van der Waals surface area (Å²) in [6.07, 6.45) is 7.95. The number of benzene rings is 4. The lowest BCUT2D eigenvalue weighted by atomic mass is 9.83. The van der Waals surface area contributed by atoms with Crippen LogP contribution in [0.1, 0.15) is 97.0 Å². The number of aromatic nitrogens is 1. The second kappa shape index (κ2) is 21.2. The Morgan fingerprint density at radius 3 is 2.30 bits per heavy atom. The van der Waals surface area contributed by atoms with E-state index in [1.54, 1.807) is 12.1 Å². The molecule has 11 nitrogen and oxygen atoms in total. The fraction of sp³-hybridized carbons (Fsp3) is 0.408. The number of phenolic OH excluding ortho intramolecular Hbond substituents is 1. The number of aromatic amines is 1. The molecule has 12 heteroatoms. The number of piperidine rings is 3. The number of alkyl carbamates (subject to hydrolysis) is 1. The molecule has 3 saturated heterocycles. The number of ether oxygens (including phenoxy) is 2. The summed E-state index contributed by atoms with van der Waals surface area (Å²) in [6.45, 7) is 4.72. The minimum Gasteiger partial charge on any atom is -0.506 e. The van der Waals surface area contributed by atoms with Crippen LogP contribution in [0.4, 0.5) is 4.79 Å². The predicted molar refractivity (Wildman–Crippen MR) is 241 cm³/mol. The average molecular weight is 895 g/mol. The van der Waals surface area contributed by atoms with E-state index in [0.29, 0.717) is 53.1 Å². The summed E-state index contributed by atoms with van der Waals surface area (Å²) >= 11 is 3.74. The maximum atomic E-state index is 13.7. The maximum absolute atomic E-state index is 13.7. The Morgan fingerprint density at radius 1 is 0.836 bits per heavy atom. The van der Waals surface area contributed by atoms with Gasteiger partial charge in [0.2, 0.25) is 11.3 Å². The summed E-state index contributed by atoms with van der Waals surface area (Å²) < 4.78 is 14.0. The Bertz CT molecular complexity index is 2280. The van der Waals surface area contributed by atoms with Crippen LogP contribution >= 0.6 is 15.9 Å². The minimum absolute atomic E-state index is 0.0171. The summed E-state index contributed by atoms with van der Waals surface area (Å²) in [4.78, 5) is 41.3. The van der Waals surface area contributed by atoms with E-state index in [1.807, 2.05) is 78.9 Å². The number of aromatic hydroxyl groups is 1. The van der Waals surface area contributed by atoms with Crippen LogP contribution in [0.25, 0.3) is 10.9 Å². The number of quaternary nitrogens is 1. The van der Waals surface area contributed by atoms with Gasteiger partial charge < -0.3 is 39.8 Å². The van der Waals surface area contributed by atoms with Gasteiger partial charge in [-0.05, 0) is 66.4 Å². The predicted octanol–water partition coefficient (Wildman–Crippen LogP) is 8.74. The SMILES string of the molecule is O=C(NC(c1ccccc1)c1cc(OCCCCCCCCCNC[C@@H](O)c2ccc(O)c3[nH]c(=O)ccc23)ccc1Br)O[C@H]1C[N+]2(CC(=O)c3ccccc3)CCC1CC2. The van der Waals surface area contributed by atoms with E-state index in [0.717, 1.165) is 104 Å². The first-order chi connectivity index (χ1) is 29.7. The van der Waals surface area contributed by atoms with Crippen LogP contribution in [0.2, 0.25) is 0 Å². The highest BCUT2D eigenvalue weighted by atomic mass is 79.9. The number of aliphatic hydroxyl groups is 1. The smallest absolute Gasteiger partial charge is 0.408 e. The van der Waals surface area contributed by atoms with Crippen LogP contribution < -0.4 is 20.9 Å². The van der Waals surface area contributed by atoms with Crippen molar-refractivity contribution < 1.29 is 33.8 Å². The van der Waals surface area contributed by atoms with Crippen molar-refractivity contribution in [1.29, 1.82) is 0 Å². The number of carbonyl (C=O) groups is 2. The number of hydrogen-bond acceptors (Lipinski definition) is 8. The number of amides is 1. The zero-order valence-electron chi connectivity index (χ0n) is 34.7. The lowest BCUT2D eigenvalue weighted by molar-refractivity contribution is -0.938. The molecule has 0 spiro atoms. The lowest BCUT2D eigenvalue weighted by Gasteiger charge is -2.51. The molecule has 1 aromatic heterocycles. The number of carbonyl (C=O) groups excluding carboxylic acids is 2. The minimum atomic E-state index is -0.758. The number of nitrogens with zero attached hydrogens (tertiary/aromatic N) is 1. The van der Waals surface area contributed by atoms with Crippen LogP contribution in [-0.4, -0.2) is 83.5 Å². The first-order valence-corrected chi connectivity index (χ1v) is 22.6. The number of ketones is 1. The molecule has 0 aliphatic carbocycles. The van der Waals surface area contributed by atoms with Gasteiger partial charge in [-0.25, -0.2) is 4.79 Å². The molecule has 1 amide bonds. The van der Waals surface area contributed by atoms with Gasteiger partial charge in [0, 0.05) is 46.8 Å². The van der Waals surface area contributed by atoms with E-state index in [1.165, 1.54) is 12.1 Å². The zero-order chi connectivity index (χ0) is 42.6. The molecule has 2 bridgehead atoms. The highest BCUT2D eigenvalue weighted by Gasteiger charge is 2.48. The summed E-state index contributed by atoms with van der Waals surface area (Å²) in [5, 5.41) is 28.0. The first kappa shape index (κ1) is 44.1. The molecule has 0 radical (unpaired) electrons. The second-order valence-corrected chi connectivity index (χ2v) is 17.6. The Labute approximate surface area is 366 Å². The molecule has 4 heterocycles. The number of aliphatic hydroxyl groups excluding tert-OH is 1. The fourth-order valence-electron chi connectivity index (χ4n) is 9.03. The van der Waals surface area contributed by atoms with Crippen molar-refractivity contribution in [3.05, 3.63) is 140 Å². The van der Waals surface area contributed by atoms with Crippen molar-refractivity contribution >= 4 is 38.7 Å². The van der Waals surface area contributed by atoms with E-state index in [-0.39, 0.29) is 23.2 Å². The highest BCUT2D eigenvalue weighted by molar-refractivity contribution is 9.10. The summed E-state index contributed by atoms with van der Waals surface area (Å²) in [5.74, 6) is 1.16. The molecule has 322 valence electrons. The Balaban J connectivity index is 0.827. The molecule has 5 aromatic rings. The number of rotatable bonds is 21. The number of unbranched alkanes of at least 4 members (excludes halogenated alkanes) is 6. The summed E-state index contributed by atoms with van der Waals surface area (Å²) in [5.41, 5.74) is 3.24. The van der Waals surface area contributed by atoms with Gasteiger partial charge in [0.25, 0.3) is 0 Å². The molecule has 0 saturated carbocycles. The highest BCUT2D eigenvalue weighted by Crippen LogP contribution is 2.37. The van der Waals surface area contributed by atoms with Crippen molar-refractivity contribution in [2.75, 3.05) is 45.9 Å². The van der Waals surface area contributed by atoms with E-state index >= 15 is 0 Å². The quantitative estimate of drug-likeness (QED) is 0.0279. The molecule has 61 heavy (non-hydrogen) atoms. The number of halogens is 1. The number of pyridine rings is 1. The molecular formula is C49H58BrN4O7+. The fourth-order valence-corrected chi connectivity index (χ4v) is 9.50. The number of Topliss-reactive ketones (excluding diaryl/α,β-unsaturated/α-hetero) is 1. The molecule has 3 fully saturated rings. The lowest BCUT2D eigenvalue weighted by Crippen LogP contribution is -2.66. The van der Waals surface area contributed by atoms with Gasteiger partial charge in [-0.3, -0.25) is 9.59 Å². The maximum Gasteiger partial charge on any atom is 0.408 e. The van der Waals surface area contributed by atoms with Crippen molar-refractivity contribution in [3.8, 4) is 11.5 Å². The molecule has 5 N–H and O–H groups in total. The van der Waals surface area contributed by atoms with Crippen molar-refractivity contribution in [2.24, 2.45) is 5.92 Å². The second-order valence-electron chi connectivity index (χ2n) is 16.7. The molecule has 1 unspecified atom stereocenters. The standard InChI is InChI=1S/C49H57BrN4O7/c50-41-21-18-37(60-29-13-5-3-1-2-4-12-26-51-31-43(56)38-19-22-42(55)48-39(38)20-23-46(58)52-48)30-40(41)47(36-16-10-7-11-17-36)53-49(59)61-45-33-54(27-24-35(45)25-28-54)32-44(57)34-14-8-6-9-15-34/h6-11,14-23,30,35,43,45,47,51,56H,1-5,12-13,24-29,31-33H2,(H2-,52,53,55,58,59)/p+1/t35?,43-,45+,47?,54?/m1/s1. The third-order valence-electron chi connectivity index (χ3n) is 12.4. The van der Waals surface area contributed by atoms with Gasteiger partial charge in [0.1, 0.15) is 24.6 Å². The number of H-pyrrole nitrogens is 1. The van der Waals surface area contributed by atoms with Gasteiger partial charge >= 0.3 is 6.09 Å². The van der Waals surface area contributed by atoms with E-state index in [9.17, 15) is 24.6 Å². The molecule has 3 aliphatic heterocycles. The molecule has 4 aromatic carbocycles. The zero-order valence-corrected chi connectivity index (χ0v) is 36.3. The number of hydrogen-bond donors (Lipinski definition) is 5. The van der Waals surface area contributed by atoms with Crippen molar-refractivity contribution in [1.82, 2.24) is 15.6 Å². The van der Waals surface area contributed by atoms with Crippen LogP contribution in [0.3, 0.4) is 0 Å². The molecule has 8 rings (SSSR count). The topological polar surface area (TPSA) is 150 Å². The van der Waals surface area contributed by atoms with Gasteiger partial charge in [-0.1, -0.05) is 115 Å². The van der Waals surface area contributed by atoms with Gasteiger partial charge in [-0.15, -0.1) is 0 Å². The molecule has 3 aliphatic rings. The van der Waals surface area contributed by atoms with Gasteiger partial charge in [-0.2, -0.15) is 0 Å². The Morgan fingerprint density at radius 2 is 1.54 bits per heavy atom. The average Bonchev–Trinajstić information content (AvgIpc) is 3.27. The van der Waals surface area contributed by atoms with E-state index in [2.05, 4.69) is 31.5 Å². The van der Waals surface area contributed by atoms with Gasteiger partial charge in [0.15, 0.2) is 6.10 Å². The van der Waals surface area contributed by atoms with Crippen molar-refractivity contribution in [3.63, 3.8) is 0 Å². The monoisotopic (exact) mass is 893 g/mol. The number of phenols is 1. The van der Waals surface area contributed by atoms with Crippen LogP contribution in [0.5, 0.6) is 11.5 Å². The van der Waals surface area contributed by atoms with Crippen LogP contribution in [0, 0.1) is 5.92 Å². The Hall–Kier alpha value is -5.01. The number of nitrogens with one attached hydrogen (secondary N) is 3. The molecular weight excluding hydrogens is 836 g/mol. The summed E-state index contributed by atoms with van der Waals surface area (Å²) in [6, 6.07) is 31.0. The van der Waals surface area contributed by atoms with Crippen LogP contribution in [-0.2, 0) is 4.74 Å².